The van der Waals surface area contributed by atoms with Gasteiger partial charge in [0.2, 0.25) is 0 Å². The molecule has 1 heterocycles. The van der Waals surface area contributed by atoms with Gasteiger partial charge in [0.25, 0.3) is 0 Å². The Bertz CT molecular complexity index is 543. The molecule has 1 N–H and O–H groups in total. The Hall–Kier alpha value is -1.61. The highest BCUT2D eigenvalue weighted by atomic mass is 15.3. The summed E-state index contributed by atoms with van der Waals surface area (Å²) in [5.74, 6) is 0.890. The zero-order valence-electron chi connectivity index (χ0n) is 12.8. The summed E-state index contributed by atoms with van der Waals surface area (Å²) in [5, 5.41) is 8.47. The number of benzene rings is 1. The highest BCUT2D eigenvalue weighted by Gasteiger charge is 2.24. The van der Waals surface area contributed by atoms with Crippen LogP contribution in [0, 0.1) is 5.92 Å². The van der Waals surface area contributed by atoms with E-state index in [4.69, 9.17) is 5.10 Å². The van der Waals surface area contributed by atoms with E-state index in [9.17, 15) is 0 Å². The van der Waals surface area contributed by atoms with Crippen LogP contribution >= 0.6 is 0 Å². The van der Waals surface area contributed by atoms with Crippen LogP contribution in [-0.2, 0) is 0 Å². The fraction of sp³-hybridized carbons (Fsp3) is 0.500. The molecule has 1 saturated carbocycles. The molecule has 0 aliphatic heterocycles. The van der Waals surface area contributed by atoms with Crippen molar-refractivity contribution in [2.24, 2.45) is 5.92 Å². The lowest BCUT2D eigenvalue weighted by molar-refractivity contribution is 0.259. The average Bonchev–Trinajstić information content (AvgIpc) is 2.96. The summed E-state index contributed by atoms with van der Waals surface area (Å²) in [5.41, 5.74) is 2.31. The zero-order valence-corrected chi connectivity index (χ0v) is 12.8. The molecule has 0 bridgehead atoms. The van der Waals surface area contributed by atoms with Crippen molar-refractivity contribution in [3.05, 3.63) is 48.3 Å². The Morgan fingerprint density at radius 2 is 2.05 bits per heavy atom. The average molecular weight is 283 g/mol. The highest BCUT2D eigenvalue weighted by molar-refractivity contribution is 5.30. The smallest absolute Gasteiger partial charge is 0.0798 e. The molecule has 1 fully saturated rings. The van der Waals surface area contributed by atoms with Gasteiger partial charge in [0.05, 0.1) is 17.4 Å². The number of hydrogen-bond donors (Lipinski definition) is 1. The first-order valence-corrected chi connectivity index (χ1v) is 8.21. The van der Waals surface area contributed by atoms with Crippen molar-refractivity contribution < 1.29 is 0 Å². The van der Waals surface area contributed by atoms with Gasteiger partial charge >= 0.3 is 0 Å². The summed E-state index contributed by atoms with van der Waals surface area (Å²) in [4.78, 5) is 0. The van der Waals surface area contributed by atoms with Crippen molar-refractivity contribution >= 4 is 0 Å². The van der Waals surface area contributed by atoms with E-state index >= 15 is 0 Å². The van der Waals surface area contributed by atoms with Crippen molar-refractivity contribution in [3.8, 4) is 5.69 Å². The van der Waals surface area contributed by atoms with Gasteiger partial charge in [0.15, 0.2) is 0 Å². The van der Waals surface area contributed by atoms with E-state index in [0.29, 0.717) is 6.04 Å². The van der Waals surface area contributed by atoms with Gasteiger partial charge in [-0.25, -0.2) is 4.68 Å². The molecule has 0 radical (unpaired) electrons. The molecular weight excluding hydrogens is 258 g/mol. The lowest BCUT2D eigenvalue weighted by Crippen LogP contribution is -2.27. The Morgan fingerprint density at radius 1 is 1.24 bits per heavy atom. The molecule has 112 valence electrons. The van der Waals surface area contributed by atoms with E-state index in [1.54, 1.807) is 0 Å². The largest absolute Gasteiger partial charge is 0.309 e. The monoisotopic (exact) mass is 283 g/mol. The van der Waals surface area contributed by atoms with Crippen molar-refractivity contribution in [2.75, 3.05) is 6.54 Å². The molecule has 0 saturated heterocycles. The number of nitrogens with one attached hydrogen (secondary N) is 1. The number of rotatable bonds is 7. The summed E-state index contributed by atoms with van der Waals surface area (Å²) < 4.78 is 1.98. The maximum Gasteiger partial charge on any atom is 0.0798 e. The van der Waals surface area contributed by atoms with Gasteiger partial charge in [0, 0.05) is 6.20 Å². The first kappa shape index (κ1) is 14.3. The third-order valence-electron chi connectivity index (χ3n) is 4.42. The van der Waals surface area contributed by atoms with Gasteiger partial charge in [-0.15, -0.1) is 0 Å². The molecule has 3 nitrogen and oxygen atoms in total. The van der Waals surface area contributed by atoms with Gasteiger partial charge in [-0.05, 0) is 43.5 Å². The van der Waals surface area contributed by atoms with Crippen LogP contribution in [0.5, 0.6) is 0 Å². The summed E-state index contributed by atoms with van der Waals surface area (Å²) in [6, 6.07) is 12.9. The predicted molar refractivity (Wildman–Crippen MR) is 86.6 cm³/mol. The fourth-order valence-corrected chi connectivity index (χ4v) is 2.94. The van der Waals surface area contributed by atoms with E-state index in [1.807, 2.05) is 10.7 Å². The third kappa shape index (κ3) is 3.53. The summed E-state index contributed by atoms with van der Waals surface area (Å²) in [7, 11) is 0. The second-order valence-electron chi connectivity index (χ2n) is 6.06. The lowest BCUT2D eigenvalue weighted by Gasteiger charge is -2.29. The zero-order chi connectivity index (χ0) is 14.5. The van der Waals surface area contributed by atoms with Crippen LogP contribution in [0.15, 0.2) is 42.6 Å². The second-order valence-corrected chi connectivity index (χ2v) is 6.06. The van der Waals surface area contributed by atoms with Crippen molar-refractivity contribution in [3.63, 3.8) is 0 Å². The van der Waals surface area contributed by atoms with Gasteiger partial charge < -0.3 is 5.32 Å². The van der Waals surface area contributed by atoms with Crippen molar-refractivity contribution in [2.45, 2.75) is 45.1 Å². The number of aromatic nitrogens is 2. The molecule has 3 rings (SSSR count). The molecule has 2 aromatic rings. The van der Waals surface area contributed by atoms with Gasteiger partial charge in [-0.1, -0.05) is 44.4 Å². The summed E-state index contributed by atoms with van der Waals surface area (Å²) >= 11 is 0. The van der Waals surface area contributed by atoms with Gasteiger partial charge in [0.1, 0.15) is 0 Å². The quantitative estimate of drug-likeness (QED) is 0.829. The maximum absolute atomic E-state index is 4.80. The summed E-state index contributed by atoms with van der Waals surface area (Å²) in [6.07, 6.45) is 8.66. The Kier molecular flexibility index (Phi) is 4.71. The van der Waals surface area contributed by atoms with E-state index in [0.717, 1.165) is 18.2 Å². The van der Waals surface area contributed by atoms with Crippen LogP contribution in [0.3, 0.4) is 0 Å². The first-order valence-electron chi connectivity index (χ1n) is 8.21. The Balaban J connectivity index is 1.73. The fourth-order valence-electron chi connectivity index (χ4n) is 2.94. The van der Waals surface area contributed by atoms with Crippen LogP contribution in [0.1, 0.15) is 50.8 Å². The SMILES string of the molecule is CCCNC(CC1CCC1)c1ccn(-c2ccccc2)n1. The normalized spacial score (nSPS) is 16.6. The number of para-hydroxylation sites is 1. The van der Waals surface area contributed by atoms with E-state index in [1.165, 1.54) is 37.8 Å². The van der Waals surface area contributed by atoms with Gasteiger partial charge in [-0.2, -0.15) is 5.10 Å². The molecule has 3 heteroatoms. The molecule has 1 aliphatic carbocycles. The standard InChI is InChI=1S/C18H25N3/c1-2-12-19-18(14-15-7-6-8-15)17-11-13-21(20-17)16-9-4-3-5-10-16/h3-5,9-11,13,15,18-19H,2,6-8,12,14H2,1H3. The molecule has 1 atom stereocenters. The highest BCUT2D eigenvalue weighted by Crippen LogP contribution is 2.34. The van der Waals surface area contributed by atoms with Crippen LogP contribution in [-0.4, -0.2) is 16.3 Å². The van der Waals surface area contributed by atoms with Crippen molar-refractivity contribution in [1.29, 1.82) is 0 Å². The topological polar surface area (TPSA) is 29.9 Å². The third-order valence-corrected chi connectivity index (χ3v) is 4.42. The number of nitrogens with zero attached hydrogens (tertiary/aromatic N) is 2. The van der Waals surface area contributed by atoms with Crippen molar-refractivity contribution in [1.82, 2.24) is 15.1 Å². The predicted octanol–water partition coefficient (Wildman–Crippen LogP) is 4.10. The van der Waals surface area contributed by atoms with Crippen LogP contribution < -0.4 is 5.32 Å². The number of hydrogen-bond acceptors (Lipinski definition) is 2. The lowest BCUT2D eigenvalue weighted by atomic mass is 9.80. The molecule has 1 aromatic carbocycles. The minimum Gasteiger partial charge on any atom is -0.309 e. The molecule has 0 amide bonds. The molecule has 1 aromatic heterocycles. The second kappa shape index (κ2) is 6.90. The maximum atomic E-state index is 4.80. The first-order chi connectivity index (χ1) is 10.4. The van der Waals surface area contributed by atoms with E-state index in [2.05, 4.69) is 48.8 Å². The molecule has 1 unspecified atom stereocenters. The molecular formula is C18H25N3. The molecule has 1 aliphatic rings. The van der Waals surface area contributed by atoms with E-state index < -0.39 is 0 Å². The Morgan fingerprint density at radius 3 is 2.71 bits per heavy atom. The van der Waals surface area contributed by atoms with E-state index in [-0.39, 0.29) is 0 Å². The minimum absolute atomic E-state index is 0.403. The van der Waals surface area contributed by atoms with Crippen LogP contribution in [0.25, 0.3) is 5.69 Å². The van der Waals surface area contributed by atoms with Gasteiger partial charge in [-0.3, -0.25) is 0 Å². The minimum atomic E-state index is 0.403. The summed E-state index contributed by atoms with van der Waals surface area (Å²) in [6.45, 7) is 3.28. The van der Waals surface area contributed by atoms with Crippen LogP contribution in [0.4, 0.5) is 0 Å². The molecule has 0 spiro atoms. The van der Waals surface area contributed by atoms with Crippen LogP contribution in [0.2, 0.25) is 0 Å². The Labute approximate surface area is 127 Å². The molecule has 21 heavy (non-hydrogen) atoms.